The highest BCUT2D eigenvalue weighted by atomic mass is 16.1. The first-order valence-electron chi connectivity index (χ1n) is 4.60. The molecule has 72 valence electrons. The molecule has 0 aromatic carbocycles. The topological polar surface area (TPSA) is 34.9 Å². The van der Waals surface area contributed by atoms with Crippen molar-refractivity contribution in [1.29, 1.82) is 0 Å². The van der Waals surface area contributed by atoms with Gasteiger partial charge in [-0.05, 0) is 18.8 Å². The largest absolute Gasteiger partial charge is 0.337 e. The summed E-state index contributed by atoms with van der Waals surface area (Å²) >= 11 is 0. The minimum absolute atomic E-state index is 0.586. The van der Waals surface area contributed by atoms with E-state index >= 15 is 0 Å². The van der Waals surface area contributed by atoms with Crippen molar-refractivity contribution in [3.8, 4) is 0 Å². The zero-order chi connectivity index (χ0) is 9.84. The molecule has 0 aliphatic rings. The van der Waals surface area contributed by atoms with Gasteiger partial charge >= 0.3 is 0 Å². The number of aryl methyl sites for hydroxylation is 1. The van der Waals surface area contributed by atoms with Gasteiger partial charge in [-0.3, -0.25) is 4.79 Å². The monoisotopic (exact) mass is 180 g/mol. The van der Waals surface area contributed by atoms with Crippen LogP contribution in [0.25, 0.3) is 0 Å². The van der Waals surface area contributed by atoms with E-state index in [9.17, 15) is 4.79 Å². The molecule has 1 aromatic heterocycles. The summed E-state index contributed by atoms with van der Waals surface area (Å²) in [7, 11) is 1.93. The number of imidazole rings is 1. The molecule has 0 fully saturated rings. The van der Waals surface area contributed by atoms with Gasteiger partial charge in [0, 0.05) is 12.7 Å². The zero-order valence-corrected chi connectivity index (χ0v) is 8.45. The van der Waals surface area contributed by atoms with Gasteiger partial charge < -0.3 is 4.57 Å². The molecule has 13 heavy (non-hydrogen) atoms. The summed E-state index contributed by atoms with van der Waals surface area (Å²) in [6.45, 7) is 4.36. The Hall–Kier alpha value is -1.12. The SMILES string of the molecule is CC(C)CCc1c(C=O)ncn1C. The standard InChI is InChI=1S/C10H16N2O/c1-8(2)4-5-10-9(6-13)11-7-12(10)3/h6-8H,4-5H2,1-3H3. The van der Waals surface area contributed by atoms with Crippen molar-refractivity contribution in [2.75, 3.05) is 0 Å². The van der Waals surface area contributed by atoms with Gasteiger partial charge in [-0.15, -0.1) is 0 Å². The molecule has 3 heteroatoms. The number of rotatable bonds is 4. The number of nitrogens with zero attached hydrogens (tertiary/aromatic N) is 2. The lowest BCUT2D eigenvalue weighted by atomic mass is 10.1. The molecule has 0 saturated heterocycles. The van der Waals surface area contributed by atoms with E-state index in [0.29, 0.717) is 11.6 Å². The van der Waals surface area contributed by atoms with E-state index in [1.54, 1.807) is 6.33 Å². The smallest absolute Gasteiger partial charge is 0.170 e. The highest BCUT2D eigenvalue weighted by molar-refractivity contribution is 5.73. The molecule has 0 amide bonds. The second-order valence-corrected chi connectivity index (χ2v) is 3.74. The lowest BCUT2D eigenvalue weighted by molar-refractivity contribution is 0.111. The minimum atomic E-state index is 0.586. The third kappa shape index (κ3) is 2.41. The molecule has 0 spiro atoms. The van der Waals surface area contributed by atoms with Crippen molar-refractivity contribution in [2.24, 2.45) is 13.0 Å². The van der Waals surface area contributed by atoms with Crippen LogP contribution in [0.3, 0.4) is 0 Å². The molecular formula is C10H16N2O. The molecule has 0 aliphatic carbocycles. The fraction of sp³-hybridized carbons (Fsp3) is 0.600. The molecule has 0 bridgehead atoms. The van der Waals surface area contributed by atoms with Gasteiger partial charge in [0.15, 0.2) is 6.29 Å². The summed E-state index contributed by atoms with van der Waals surface area (Å²) in [5.74, 6) is 0.661. The molecule has 0 aliphatic heterocycles. The van der Waals surface area contributed by atoms with E-state index < -0.39 is 0 Å². The van der Waals surface area contributed by atoms with Gasteiger partial charge in [-0.1, -0.05) is 13.8 Å². The van der Waals surface area contributed by atoms with Crippen LogP contribution in [-0.4, -0.2) is 15.8 Å². The van der Waals surface area contributed by atoms with Gasteiger partial charge in [0.1, 0.15) is 5.69 Å². The van der Waals surface area contributed by atoms with Crippen molar-refractivity contribution in [2.45, 2.75) is 26.7 Å². The van der Waals surface area contributed by atoms with Crippen molar-refractivity contribution in [3.05, 3.63) is 17.7 Å². The second kappa shape index (κ2) is 4.21. The van der Waals surface area contributed by atoms with Crippen LogP contribution in [0, 0.1) is 5.92 Å². The maximum absolute atomic E-state index is 10.6. The Bertz CT molecular complexity index is 289. The van der Waals surface area contributed by atoms with E-state index in [2.05, 4.69) is 18.8 Å². The quantitative estimate of drug-likeness (QED) is 0.662. The molecule has 0 N–H and O–H groups in total. The summed E-state index contributed by atoms with van der Waals surface area (Å²) in [6.07, 6.45) is 4.55. The van der Waals surface area contributed by atoms with Gasteiger partial charge in [-0.2, -0.15) is 0 Å². The highest BCUT2D eigenvalue weighted by Gasteiger charge is 2.07. The molecular weight excluding hydrogens is 164 g/mol. The van der Waals surface area contributed by atoms with E-state index in [0.717, 1.165) is 24.8 Å². The maximum atomic E-state index is 10.6. The minimum Gasteiger partial charge on any atom is -0.337 e. The highest BCUT2D eigenvalue weighted by Crippen LogP contribution is 2.10. The molecule has 1 aromatic rings. The Balaban J connectivity index is 2.73. The molecule has 3 nitrogen and oxygen atoms in total. The van der Waals surface area contributed by atoms with E-state index in [1.165, 1.54) is 0 Å². The number of hydrogen-bond acceptors (Lipinski definition) is 2. The predicted molar refractivity (Wildman–Crippen MR) is 51.8 cm³/mol. The zero-order valence-electron chi connectivity index (χ0n) is 8.45. The summed E-state index contributed by atoms with van der Waals surface area (Å²) in [6, 6.07) is 0. The number of aromatic nitrogens is 2. The predicted octanol–water partition coefficient (Wildman–Crippen LogP) is 1.82. The van der Waals surface area contributed by atoms with Crippen molar-refractivity contribution in [3.63, 3.8) is 0 Å². The van der Waals surface area contributed by atoms with Gasteiger partial charge in [0.05, 0.1) is 6.33 Å². The Kier molecular flexibility index (Phi) is 3.23. The van der Waals surface area contributed by atoms with Gasteiger partial charge in [0.2, 0.25) is 0 Å². The Morgan fingerprint density at radius 3 is 2.85 bits per heavy atom. The number of hydrogen-bond donors (Lipinski definition) is 0. The lowest BCUT2D eigenvalue weighted by Gasteiger charge is -2.05. The molecule has 0 radical (unpaired) electrons. The first-order chi connectivity index (χ1) is 6.15. The van der Waals surface area contributed by atoms with Crippen LogP contribution in [0.2, 0.25) is 0 Å². The van der Waals surface area contributed by atoms with E-state index in [-0.39, 0.29) is 0 Å². The number of aldehydes is 1. The molecule has 0 atom stereocenters. The van der Waals surface area contributed by atoms with E-state index in [4.69, 9.17) is 0 Å². The Morgan fingerprint density at radius 1 is 1.62 bits per heavy atom. The summed E-state index contributed by atoms with van der Waals surface area (Å²) in [5.41, 5.74) is 1.63. The van der Waals surface area contributed by atoms with Crippen LogP contribution >= 0.6 is 0 Å². The Morgan fingerprint density at radius 2 is 2.31 bits per heavy atom. The first-order valence-corrected chi connectivity index (χ1v) is 4.60. The van der Waals surface area contributed by atoms with Crippen molar-refractivity contribution < 1.29 is 4.79 Å². The third-order valence-corrected chi connectivity index (χ3v) is 2.16. The average Bonchev–Trinajstić information content (AvgIpc) is 2.43. The van der Waals surface area contributed by atoms with Crippen LogP contribution in [0.15, 0.2) is 6.33 Å². The average molecular weight is 180 g/mol. The van der Waals surface area contributed by atoms with Crippen LogP contribution in [-0.2, 0) is 13.5 Å². The third-order valence-electron chi connectivity index (χ3n) is 2.16. The van der Waals surface area contributed by atoms with Crippen LogP contribution in [0.4, 0.5) is 0 Å². The fourth-order valence-electron chi connectivity index (χ4n) is 1.30. The van der Waals surface area contributed by atoms with Crippen molar-refractivity contribution in [1.82, 2.24) is 9.55 Å². The lowest BCUT2D eigenvalue weighted by Crippen LogP contribution is -2.01. The first kappa shape index (κ1) is 9.96. The van der Waals surface area contributed by atoms with Crippen LogP contribution in [0.5, 0.6) is 0 Å². The fourth-order valence-corrected chi connectivity index (χ4v) is 1.30. The Labute approximate surface area is 78.8 Å². The van der Waals surface area contributed by atoms with Crippen molar-refractivity contribution >= 4 is 6.29 Å². The molecule has 1 rings (SSSR count). The molecule has 1 heterocycles. The second-order valence-electron chi connectivity index (χ2n) is 3.74. The van der Waals surface area contributed by atoms with E-state index in [1.807, 2.05) is 11.6 Å². The van der Waals surface area contributed by atoms with Crippen LogP contribution in [0.1, 0.15) is 36.5 Å². The number of carbonyl (C=O) groups excluding carboxylic acids is 1. The summed E-state index contributed by atoms with van der Waals surface area (Å²) in [5, 5.41) is 0. The molecule has 0 unspecified atom stereocenters. The number of carbonyl (C=O) groups is 1. The van der Waals surface area contributed by atoms with Gasteiger partial charge in [-0.25, -0.2) is 4.98 Å². The summed E-state index contributed by atoms with van der Waals surface area (Å²) in [4.78, 5) is 14.6. The normalized spacial score (nSPS) is 10.8. The molecule has 0 saturated carbocycles. The summed E-state index contributed by atoms with van der Waals surface area (Å²) < 4.78 is 1.92. The van der Waals surface area contributed by atoms with Crippen LogP contribution < -0.4 is 0 Å². The van der Waals surface area contributed by atoms with Gasteiger partial charge in [0.25, 0.3) is 0 Å². The maximum Gasteiger partial charge on any atom is 0.170 e.